The second kappa shape index (κ2) is 6.67. The molecule has 0 spiro atoms. The Morgan fingerprint density at radius 1 is 1.50 bits per heavy atom. The number of aromatic nitrogens is 1. The third-order valence-electron chi connectivity index (χ3n) is 5.39. The van der Waals surface area contributed by atoms with Crippen molar-refractivity contribution < 1.29 is 4.79 Å². The van der Waals surface area contributed by atoms with Crippen LogP contribution in [-0.4, -0.2) is 30.5 Å². The molecule has 4 nitrogen and oxygen atoms in total. The van der Waals surface area contributed by atoms with Gasteiger partial charge in [-0.1, -0.05) is 19.8 Å². The second-order valence-electron chi connectivity index (χ2n) is 6.70. The number of carbonyl (C=O) groups excluding carboxylic acids is 1. The second-order valence-corrected chi connectivity index (χ2v) is 7.99. The number of carbonyl (C=O) groups is 1. The molecule has 2 N–H and O–H groups in total. The van der Waals surface area contributed by atoms with Gasteiger partial charge in [0.05, 0.1) is 16.1 Å². The predicted octanol–water partition coefficient (Wildman–Crippen LogP) is 2.45. The van der Waals surface area contributed by atoms with Gasteiger partial charge in [0, 0.05) is 24.4 Å². The number of hydrogen-bond donors (Lipinski definition) is 2. The summed E-state index contributed by atoms with van der Waals surface area (Å²) in [4.78, 5) is 18.7. The molecule has 0 radical (unpaired) electrons. The van der Waals surface area contributed by atoms with Crippen LogP contribution in [0.1, 0.15) is 48.2 Å². The van der Waals surface area contributed by atoms with Crippen molar-refractivity contribution in [1.29, 1.82) is 0 Å². The van der Waals surface area contributed by atoms with Gasteiger partial charge in [-0.2, -0.15) is 0 Å². The molecule has 2 heterocycles. The van der Waals surface area contributed by atoms with E-state index in [9.17, 15) is 4.79 Å². The van der Waals surface area contributed by atoms with E-state index in [1.54, 1.807) is 11.3 Å². The van der Waals surface area contributed by atoms with Crippen LogP contribution in [0, 0.1) is 18.3 Å². The first-order valence-electron chi connectivity index (χ1n) is 8.60. The summed E-state index contributed by atoms with van der Waals surface area (Å²) in [5.74, 6) is 0.807. The van der Waals surface area contributed by atoms with E-state index in [0.717, 1.165) is 37.4 Å². The Labute approximate surface area is 137 Å². The van der Waals surface area contributed by atoms with Crippen LogP contribution in [0.2, 0.25) is 0 Å². The van der Waals surface area contributed by atoms with Gasteiger partial charge in [-0.15, -0.1) is 11.3 Å². The van der Waals surface area contributed by atoms with Crippen LogP contribution < -0.4 is 10.6 Å². The Morgan fingerprint density at radius 3 is 3.14 bits per heavy atom. The lowest BCUT2D eigenvalue weighted by molar-refractivity contribution is -0.133. The maximum atomic E-state index is 12.8. The summed E-state index contributed by atoms with van der Waals surface area (Å²) in [6, 6.07) is 0. The van der Waals surface area contributed by atoms with Crippen molar-refractivity contribution >= 4 is 17.2 Å². The number of nitrogens with zero attached hydrogens (tertiary/aromatic N) is 1. The minimum atomic E-state index is -0.133. The maximum Gasteiger partial charge on any atom is 0.227 e. The van der Waals surface area contributed by atoms with Crippen LogP contribution in [0.3, 0.4) is 0 Å². The highest BCUT2D eigenvalue weighted by molar-refractivity contribution is 7.11. The molecule has 1 aromatic rings. The Morgan fingerprint density at radius 2 is 2.36 bits per heavy atom. The minimum absolute atomic E-state index is 0.133. The molecular formula is C17H27N3OS. The maximum absolute atomic E-state index is 12.8. The van der Waals surface area contributed by atoms with Gasteiger partial charge in [-0.05, 0) is 38.6 Å². The molecule has 122 valence electrons. The van der Waals surface area contributed by atoms with Gasteiger partial charge in [0.1, 0.15) is 0 Å². The Hall–Kier alpha value is -0.940. The molecule has 0 aromatic carbocycles. The summed E-state index contributed by atoms with van der Waals surface area (Å²) in [7, 11) is 0. The summed E-state index contributed by atoms with van der Waals surface area (Å²) < 4.78 is 0. The molecule has 22 heavy (non-hydrogen) atoms. The number of rotatable bonds is 5. The summed E-state index contributed by atoms with van der Waals surface area (Å²) in [6.45, 7) is 6.86. The average Bonchev–Trinajstić information content (AvgIpc) is 3.11. The molecule has 1 aliphatic heterocycles. The van der Waals surface area contributed by atoms with Gasteiger partial charge in [0.15, 0.2) is 0 Å². The summed E-state index contributed by atoms with van der Waals surface area (Å²) >= 11 is 1.77. The lowest BCUT2D eigenvalue weighted by Crippen LogP contribution is -2.48. The molecule has 3 rings (SSSR count). The topological polar surface area (TPSA) is 54.0 Å². The SMILES string of the molecule is CCc1nc(CCNC(=O)[C@@]23CCCC[C@H]2CNC3)sc1C. The highest BCUT2D eigenvalue weighted by Crippen LogP contribution is 2.43. The quantitative estimate of drug-likeness (QED) is 0.876. The van der Waals surface area contributed by atoms with Gasteiger partial charge in [-0.25, -0.2) is 4.98 Å². The summed E-state index contributed by atoms with van der Waals surface area (Å²) in [6.07, 6.45) is 6.56. The highest BCUT2D eigenvalue weighted by atomic mass is 32.1. The van der Waals surface area contributed by atoms with E-state index in [1.807, 2.05) is 0 Å². The van der Waals surface area contributed by atoms with Crippen molar-refractivity contribution in [1.82, 2.24) is 15.6 Å². The molecule has 5 heteroatoms. The van der Waals surface area contributed by atoms with Crippen molar-refractivity contribution in [3.63, 3.8) is 0 Å². The monoisotopic (exact) mass is 321 g/mol. The lowest BCUT2D eigenvalue weighted by Gasteiger charge is -2.37. The Bertz CT molecular complexity index is 542. The van der Waals surface area contributed by atoms with Crippen LogP contribution in [0.15, 0.2) is 0 Å². The van der Waals surface area contributed by atoms with Crippen molar-refractivity contribution in [2.24, 2.45) is 11.3 Å². The van der Waals surface area contributed by atoms with E-state index in [-0.39, 0.29) is 11.3 Å². The van der Waals surface area contributed by atoms with Crippen molar-refractivity contribution in [2.45, 2.75) is 52.4 Å². The zero-order valence-electron chi connectivity index (χ0n) is 13.7. The van der Waals surface area contributed by atoms with Gasteiger partial charge in [0.2, 0.25) is 5.91 Å². The number of amides is 1. The van der Waals surface area contributed by atoms with E-state index >= 15 is 0 Å². The predicted molar refractivity (Wildman–Crippen MR) is 90.2 cm³/mol. The van der Waals surface area contributed by atoms with Crippen molar-refractivity contribution in [3.8, 4) is 0 Å². The zero-order valence-corrected chi connectivity index (χ0v) is 14.5. The number of nitrogens with one attached hydrogen (secondary N) is 2. The molecule has 2 fully saturated rings. The Kier molecular flexibility index (Phi) is 4.83. The summed E-state index contributed by atoms with van der Waals surface area (Å²) in [5, 5.41) is 7.79. The minimum Gasteiger partial charge on any atom is -0.355 e. The molecule has 2 atom stereocenters. The third-order valence-corrected chi connectivity index (χ3v) is 6.46. The average molecular weight is 321 g/mol. The van der Waals surface area contributed by atoms with Gasteiger partial charge in [0.25, 0.3) is 0 Å². The molecule has 1 aromatic heterocycles. The van der Waals surface area contributed by atoms with Crippen LogP contribution >= 0.6 is 11.3 Å². The number of aryl methyl sites for hydroxylation is 2. The molecule has 1 saturated carbocycles. The zero-order chi connectivity index (χ0) is 15.6. The fourth-order valence-electron chi connectivity index (χ4n) is 4.07. The number of fused-ring (bicyclic) bond motifs is 1. The van der Waals surface area contributed by atoms with Crippen molar-refractivity contribution in [2.75, 3.05) is 19.6 Å². The normalized spacial score (nSPS) is 27.6. The lowest BCUT2D eigenvalue weighted by atomic mass is 9.67. The molecule has 2 aliphatic rings. The first-order valence-corrected chi connectivity index (χ1v) is 9.41. The molecule has 0 bridgehead atoms. The molecule has 1 aliphatic carbocycles. The van der Waals surface area contributed by atoms with Crippen LogP contribution in [-0.2, 0) is 17.6 Å². The molecule has 0 unspecified atom stereocenters. The van der Waals surface area contributed by atoms with Crippen LogP contribution in [0.5, 0.6) is 0 Å². The van der Waals surface area contributed by atoms with Crippen LogP contribution in [0.4, 0.5) is 0 Å². The summed E-state index contributed by atoms with van der Waals surface area (Å²) in [5.41, 5.74) is 1.07. The first-order chi connectivity index (χ1) is 10.7. The smallest absolute Gasteiger partial charge is 0.227 e. The standard InChI is InChI=1S/C17H27N3OS/c1-3-14-12(2)22-15(20-14)7-9-19-16(21)17-8-5-4-6-13(17)10-18-11-17/h13,18H,3-11H2,1-2H3,(H,19,21)/t13-,17+/m0/s1. The van der Waals surface area contributed by atoms with Gasteiger partial charge >= 0.3 is 0 Å². The first kappa shape index (κ1) is 15.9. The Balaban J connectivity index is 1.55. The van der Waals surface area contributed by atoms with Crippen LogP contribution in [0.25, 0.3) is 0 Å². The van der Waals surface area contributed by atoms with E-state index in [0.29, 0.717) is 12.5 Å². The third kappa shape index (κ3) is 2.93. The van der Waals surface area contributed by atoms with Crippen molar-refractivity contribution in [3.05, 3.63) is 15.6 Å². The number of hydrogen-bond acceptors (Lipinski definition) is 4. The highest BCUT2D eigenvalue weighted by Gasteiger charge is 2.49. The molecule has 1 amide bonds. The van der Waals surface area contributed by atoms with E-state index in [2.05, 4.69) is 29.5 Å². The number of thiazole rings is 1. The largest absolute Gasteiger partial charge is 0.355 e. The van der Waals surface area contributed by atoms with E-state index < -0.39 is 0 Å². The van der Waals surface area contributed by atoms with Gasteiger partial charge in [-0.3, -0.25) is 4.79 Å². The molecular weight excluding hydrogens is 294 g/mol. The van der Waals surface area contributed by atoms with E-state index in [4.69, 9.17) is 0 Å². The molecule has 1 saturated heterocycles. The fraction of sp³-hybridized carbons (Fsp3) is 0.765. The van der Waals surface area contributed by atoms with Gasteiger partial charge < -0.3 is 10.6 Å². The van der Waals surface area contributed by atoms with E-state index in [1.165, 1.54) is 29.8 Å². The fourth-order valence-corrected chi connectivity index (χ4v) is 5.09.